The molecular weight excluding hydrogens is 801 g/mol. The van der Waals surface area contributed by atoms with E-state index in [1.807, 2.05) is 6.07 Å². The van der Waals surface area contributed by atoms with Crippen LogP contribution in [-0.4, -0.2) is 114 Å². The molecule has 324 valence electrons. The number of aromatic nitrogens is 7. The smallest absolute Gasteiger partial charge is 0.284 e. The molecular formula is C44H49F2N11O5. The molecule has 0 radical (unpaired) electrons. The van der Waals surface area contributed by atoms with E-state index in [0.717, 1.165) is 6.42 Å². The van der Waals surface area contributed by atoms with E-state index in [-0.39, 0.29) is 72.7 Å². The molecule has 10 rings (SSSR count). The number of halogens is 2. The number of benzene rings is 1. The summed E-state index contributed by atoms with van der Waals surface area (Å²) < 4.78 is 97.6. The lowest BCUT2D eigenvalue weighted by Crippen LogP contribution is -2.40. The second kappa shape index (κ2) is 16.8. The molecule has 4 aromatic heterocycles. The van der Waals surface area contributed by atoms with Crippen LogP contribution in [0.25, 0.3) is 16.6 Å². The number of morpholine rings is 1. The zero-order valence-electron chi connectivity index (χ0n) is 39.9. The van der Waals surface area contributed by atoms with Crippen molar-refractivity contribution in [1.82, 2.24) is 44.4 Å². The van der Waals surface area contributed by atoms with Crippen LogP contribution in [0.5, 0.6) is 0 Å². The first kappa shape index (κ1) is 33.8. The maximum absolute atomic E-state index is 14.4. The van der Waals surface area contributed by atoms with Crippen LogP contribution in [-0.2, 0) is 26.1 Å². The monoisotopic (exact) mass is 855 g/mol. The lowest BCUT2D eigenvalue weighted by Gasteiger charge is -2.36. The minimum Gasteiger partial charge on any atom is -0.374 e. The lowest BCUT2D eigenvalue weighted by atomic mass is 9.85. The molecule has 4 saturated heterocycles. The zero-order valence-corrected chi connectivity index (χ0v) is 33.9. The number of fused-ring (bicyclic) bond motifs is 4. The molecule has 1 saturated carbocycles. The van der Waals surface area contributed by atoms with Gasteiger partial charge in [-0.1, -0.05) is 24.0 Å². The first-order valence-electron chi connectivity index (χ1n) is 24.0. The van der Waals surface area contributed by atoms with Gasteiger partial charge in [0.1, 0.15) is 17.9 Å². The van der Waals surface area contributed by atoms with E-state index in [0.29, 0.717) is 73.2 Å². The molecule has 2 N–H and O–H groups in total. The number of hydrogen-bond acceptors (Lipinski definition) is 11. The topological polar surface area (TPSA) is 166 Å². The second-order valence-electron chi connectivity index (χ2n) is 16.6. The van der Waals surface area contributed by atoms with Gasteiger partial charge in [-0.05, 0) is 69.4 Å². The molecule has 8 heterocycles. The number of nitrogens with one attached hydrogen (secondary N) is 2. The summed E-state index contributed by atoms with van der Waals surface area (Å²) in [6.45, 7) is -5.68. The number of hydrogen-bond donors (Lipinski definition) is 2. The van der Waals surface area contributed by atoms with E-state index in [2.05, 4.69) is 42.7 Å². The number of nitrogens with zero attached hydrogens (tertiary/aromatic N) is 9. The van der Waals surface area contributed by atoms with Gasteiger partial charge in [0.05, 0.1) is 68.2 Å². The van der Waals surface area contributed by atoms with E-state index in [1.165, 1.54) is 26.5 Å². The Morgan fingerprint density at radius 2 is 1.95 bits per heavy atom. The third kappa shape index (κ3) is 7.93. The summed E-state index contributed by atoms with van der Waals surface area (Å²) in [7, 11) is 1.67. The fraction of sp³-hybridized carbons (Fsp3) is 0.523. The Kier molecular flexibility index (Phi) is 9.18. The van der Waals surface area contributed by atoms with Gasteiger partial charge in [-0.3, -0.25) is 29.1 Å². The van der Waals surface area contributed by atoms with E-state index in [1.54, 1.807) is 36.1 Å². The van der Waals surface area contributed by atoms with Gasteiger partial charge in [0, 0.05) is 62.8 Å². The normalized spacial score (nSPS) is 27.9. The highest BCUT2D eigenvalue weighted by atomic mass is 19.3. The van der Waals surface area contributed by atoms with Crippen molar-refractivity contribution in [1.29, 1.82) is 0 Å². The Bertz CT molecular complexity index is 2850. The molecule has 1 aromatic carbocycles. The Hall–Kier alpha value is -5.77. The maximum atomic E-state index is 14.4. The van der Waals surface area contributed by atoms with Crippen molar-refractivity contribution >= 4 is 45.8 Å². The lowest BCUT2D eigenvalue weighted by molar-refractivity contribution is -0.134. The number of likely N-dealkylation sites (tertiary alicyclic amines) is 1. The fourth-order valence-electron chi connectivity index (χ4n) is 9.40. The molecule has 3 amide bonds. The summed E-state index contributed by atoms with van der Waals surface area (Å²) in [6, 6.07) is 6.86. The minimum atomic E-state index is -2.98. The molecule has 2 bridgehead atoms. The first-order chi connectivity index (χ1) is 32.3. The van der Waals surface area contributed by atoms with Gasteiger partial charge in [-0.25, -0.2) is 18.3 Å². The van der Waals surface area contributed by atoms with E-state index < -0.39 is 55.5 Å². The predicted molar refractivity (Wildman–Crippen MR) is 223 cm³/mol. The van der Waals surface area contributed by atoms with Crippen molar-refractivity contribution in [3.63, 3.8) is 0 Å². The summed E-state index contributed by atoms with van der Waals surface area (Å²) in [6.07, 6.45) is 3.20. The Balaban J connectivity index is 0.763. The van der Waals surface area contributed by atoms with Crippen LogP contribution in [0.4, 0.5) is 20.3 Å². The summed E-state index contributed by atoms with van der Waals surface area (Å²) in [4.78, 5) is 46.0. The predicted octanol–water partition coefficient (Wildman–Crippen LogP) is 4.76. The highest BCUT2D eigenvalue weighted by molar-refractivity contribution is 6.08. The van der Waals surface area contributed by atoms with Gasteiger partial charge in [0.2, 0.25) is 11.8 Å². The van der Waals surface area contributed by atoms with Crippen molar-refractivity contribution in [3.05, 3.63) is 65.4 Å². The molecule has 62 heavy (non-hydrogen) atoms. The standard InChI is InChI=1S/C44H49F2N11O5/c1-53-40-27(4-2-6-32(40)38(51-53)33-11-12-37(58)50-43(33)59)5-3-19-61-30-13-16-54(17-14-30)22-26-7-9-28(10-8-26)57-24-35(39(52-57)41(45)46)48-44(60)34-21-47-56-18-15-36(49-42(34)56)55-23-31-20-29(55)25-62-31/h2,4,6,15,18,21,24,26,28-31,33,41H,7-14,16-17,19-20,22-23,25H2,1H3,(H,48,60)(H,50,58,59)/t26?,28?,29-,31-,33?/m0/s1/i16D2,17D2,19D2. The molecule has 5 aliphatic rings. The first-order valence-corrected chi connectivity index (χ1v) is 21.0. The number of alkyl halides is 2. The van der Waals surface area contributed by atoms with E-state index in [4.69, 9.17) is 22.7 Å². The molecule has 0 spiro atoms. The Labute approximate surface area is 364 Å². The van der Waals surface area contributed by atoms with Crippen LogP contribution in [0.1, 0.15) is 112 Å². The molecule has 1 unspecified atom stereocenters. The third-order valence-electron chi connectivity index (χ3n) is 12.6. The number of anilines is 2. The van der Waals surface area contributed by atoms with Crippen LogP contribution in [0, 0.1) is 17.8 Å². The van der Waals surface area contributed by atoms with Crippen molar-refractivity contribution in [3.8, 4) is 11.8 Å². The Morgan fingerprint density at radius 3 is 2.71 bits per heavy atom. The number of carbonyl (C=O) groups excluding carboxylic acids is 3. The summed E-state index contributed by atoms with van der Waals surface area (Å²) >= 11 is 0. The number of aryl methyl sites for hydroxylation is 1. The summed E-state index contributed by atoms with van der Waals surface area (Å²) in [5.74, 6) is 3.77. The van der Waals surface area contributed by atoms with Crippen molar-refractivity contribution in [2.75, 3.05) is 49.5 Å². The fourth-order valence-corrected chi connectivity index (χ4v) is 9.40. The molecule has 1 aliphatic carbocycles. The van der Waals surface area contributed by atoms with Crippen LogP contribution in [0.3, 0.4) is 0 Å². The molecule has 16 nitrogen and oxygen atoms in total. The number of para-hydroxylation sites is 1. The van der Waals surface area contributed by atoms with Gasteiger partial charge in [-0.2, -0.15) is 15.3 Å². The quantitative estimate of drug-likeness (QED) is 0.147. The van der Waals surface area contributed by atoms with Crippen LogP contribution >= 0.6 is 0 Å². The minimum absolute atomic E-state index is 0.0620. The van der Waals surface area contributed by atoms with Gasteiger partial charge >= 0.3 is 0 Å². The maximum Gasteiger partial charge on any atom is 0.284 e. The SMILES string of the molecule is [2H]C([2H])(C#Cc1cccc2c(C3CCC(=O)NC3=O)nn(C)c12)OC1CC([2H])([2H])N(CC2CCC(n3cc(NC(=O)c4cnn5ccc(N6C[C@@H]7C[C@H]6CO7)nc45)c(C(F)F)n3)CC2)C([2H])([2H])C1. The average Bonchev–Trinajstić information content (AvgIpc) is 4.13. The highest BCUT2D eigenvalue weighted by Gasteiger charge is 2.40. The Morgan fingerprint density at radius 1 is 1.11 bits per heavy atom. The molecule has 18 heteroatoms. The van der Waals surface area contributed by atoms with E-state index in [9.17, 15) is 23.2 Å². The van der Waals surface area contributed by atoms with Crippen LogP contribution in [0.2, 0.25) is 0 Å². The van der Waals surface area contributed by atoms with Crippen LogP contribution < -0.4 is 15.5 Å². The number of piperidine rings is 2. The number of rotatable bonds is 10. The van der Waals surface area contributed by atoms with Crippen molar-refractivity contribution < 1.29 is 40.9 Å². The number of carbonyl (C=O) groups is 3. The third-order valence-corrected chi connectivity index (χ3v) is 12.6. The second-order valence-corrected chi connectivity index (χ2v) is 16.6. The van der Waals surface area contributed by atoms with Crippen molar-refractivity contribution in [2.24, 2.45) is 13.0 Å². The highest BCUT2D eigenvalue weighted by Crippen LogP contribution is 2.37. The van der Waals surface area contributed by atoms with Gasteiger partial charge in [-0.15, -0.1) is 0 Å². The largest absolute Gasteiger partial charge is 0.374 e. The van der Waals surface area contributed by atoms with Crippen LogP contribution in [0.15, 0.2) is 42.9 Å². The molecule has 4 aliphatic heterocycles. The molecule has 5 aromatic rings. The molecule has 5 fully saturated rings. The van der Waals surface area contributed by atoms with Gasteiger partial charge in [0.15, 0.2) is 11.3 Å². The van der Waals surface area contributed by atoms with E-state index >= 15 is 0 Å². The average molecular weight is 856 g/mol. The zero-order chi connectivity index (χ0) is 47.9. The van der Waals surface area contributed by atoms with Gasteiger partial charge in [0.25, 0.3) is 12.3 Å². The summed E-state index contributed by atoms with van der Waals surface area (Å²) in [5.41, 5.74) is 1.12. The number of ether oxygens (including phenoxy) is 2. The molecule has 3 atom stereocenters. The number of amides is 3. The van der Waals surface area contributed by atoms with Gasteiger partial charge < -0.3 is 24.6 Å². The summed E-state index contributed by atoms with van der Waals surface area (Å²) in [5, 5.41) is 18.6. The van der Waals surface area contributed by atoms with Crippen molar-refractivity contribution in [2.45, 2.75) is 94.4 Å². The number of imide groups is 1.